The van der Waals surface area contributed by atoms with E-state index in [4.69, 9.17) is 5.73 Å². The van der Waals surface area contributed by atoms with E-state index in [1.54, 1.807) is 0 Å². The Hall–Kier alpha value is -0.980. The van der Waals surface area contributed by atoms with Gasteiger partial charge in [0.1, 0.15) is 0 Å². The maximum absolute atomic E-state index is 5.81. The zero-order chi connectivity index (χ0) is 10.5. The van der Waals surface area contributed by atoms with E-state index in [0.717, 1.165) is 5.69 Å². The Morgan fingerprint density at radius 3 is 1.77 bits per heavy atom. The second kappa shape index (κ2) is 4.90. The van der Waals surface area contributed by atoms with Gasteiger partial charge in [0.15, 0.2) is 0 Å². The van der Waals surface area contributed by atoms with E-state index in [2.05, 4.69) is 26.8 Å². The van der Waals surface area contributed by atoms with Crippen LogP contribution in [0.1, 0.15) is 40.2 Å². The minimum absolute atomic E-state index is 0.158. The molecule has 0 aromatic heterocycles. The number of anilines is 1. The Morgan fingerprint density at radius 2 is 1.46 bits per heavy atom. The fourth-order valence-electron chi connectivity index (χ4n) is 1.18. The lowest BCUT2D eigenvalue weighted by Crippen LogP contribution is -2.13. The Balaban J connectivity index is 0.000000671. The van der Waals surface area contributed by atoms with Crippen molar-refractivity contribution in [2.75, 3.05) is 5.73 Å². The Morgan fingerprint density at radius 1 is 1.00 bits per heavy atom. The quantitative estimate of drug-likeness (QED) is 0.605. The topological polar surface area (TPSA) is 26.0 Å². The van der Waals surface area contributed by atoms with Gasteiger partial charge in [0.05, 0.1) is 0 Å². The van der Waals surface area contributed by atoms with Crippen LogP contribution >= 0.6 is 0 Å². The minimum Gasteiger partial charge on any atom is -0.398 e. The summed E-state index contributed by atoms with van der Waals surface area (Å²) in [6, 6.07) is 8.01. The minimum atomic E-state index is 0.158. The molecule has 2 N–H and O–H groups in total. The molecule has 1 aromatic carbocycles. The summed E-state index contributed by atoms with van der Waals surface area (Å²) >= 11 is 0. The molecule has 0 aliphatic carbocycles. The molecule has 0 unspecified atom stereocenters. The summed E-state index contributed by atoms with van der Waals surface area (Å²) in [5.41, 5.74) is 8.08. The highest BCUT2D eigenvalue weighted by atomic mass is 14.6. The number of benzene rings is 1. The maximum Gasteiger partial charge on any atom is 0.0351 e. The van der Waals surface area contributed by atoms with Gasteiger partial charge in [0, 0.05) is 5.69 Å². The molecule has 0 aliphatic rings. The standard InChI is InChI=1S/C10H15N.C2H6/c1-10(2,3)8-6-4-5-7-9(8)11;1-2/h4-7H,11H2,1-3H3;1-2H3. The molecule has 1 heteroatoms. The third kappa shape index (κ3) is 3.49. The van der Waals surface area contributed by atoms with Crippen LogP contribution in [0, 0.1) is 0 Å². The average molecular weight is 179 g/mol. The summed E-state index contributed by atoms with van der Waals surface area (Å²) < 4.78 is 0. The molecule has 0 radical (unpaired) electrons. The van der Waals surface area contributed by atoms with Crippen molar-refractivity contribution in [3.05, 3.63) is 29.8 Å². The Labute approximate surface area is 82.0 Å². The van der Waals surface area contributed by atoms with E-state index in [1.165, 1.54) is 5.56 Å². The molecule has 0 atom stereocenters. The Bertz CT molecular complexity index is 246. The monoisotopic (exact) mass is 179 g/mol. The fraction of sp³-hybridized carbons (Fsp3) is 0.500. The molecule has 74 valence electrons. The van der Waals surface area contributed by atoms with Crippen molar-refractivity contribution in [3.63, 3.8) is 0 Å². The summed E-state index contributed by atoms with van der Waals surface area (Å²) in [4.78, 5) is 0. The molecule has 1 rings (SSSR count). The third-order valence-electron chi connectivity index (χ3n) is 1.77. The lowest BCUT2D eigenvalue weighted by Gasteiger charge is -2.20. The van der Waals surface area contributed by atoms with Crippen molar-refractivity contribution in [2.24, 2.45) is 0 Å². The third-order valence-corrected chi connectivity index (χ3v) is 1.77. The molecule has 0 fully saturated rings. The van der Waals surface area contributed by atoms with E-state index in [0.29, 0.717) is 0 Å². The molecular weight excluding hydrogens is 158 g/mol. The highest BCUT2D eigenvalue weighted by Gasteiger charge is 2.15. The van der Waals surface area contributed by atoms with Gasteiger partial charge in [-0.25, -0.2) is 0 Å². The van der Waals surface area contributed by atoms with Crippen LogP contribution in [-0.4, -0.2) is 0 Å². The zero-order valence-corrected chi connectivity index (χ0v) is 9.39. The van der Waals surface area contributed by atoms with Crippen LogP contribution in [0.4, 0.5) is 5.69 Å². The van der Waals surface area contributed by atoms with Crippen molar-refractivity contribution in [3.8, 4) is 0 Å². The molecule has 0 aliphatic heterocycles. The lowest BCUT2D eigenvalue weighted by molar-refractivity contribution is 0.592. The van der Waals surface area contributed by atoms with Crippen LogP contribution in [0.2, 0.25) is 0 Å². The van der Waals surface area contributed by atoms with Gasteiger partial charge in [0.25, 0.3) is 0 Å². The van der Waals surface area contributed by atoms with Crippen LogP contribution in [0.3, 0.4) is 0 Å². The lowest BCUT2D eigenvalue weighted by atomic mass is 9.86. The van der Waals surface area contributed by atoms with Crippen molar-refractivity contribution in [1.82, 2.24) is 0 Å². The zero-order valence-electron chi connectivity index (χ0n) is 9.39. The fourth-order valence-corrected chi connectivity index (χ4v) is 1.18. The van der Waals surface area contributed by atoms with Crippen LogP contribution in [0.5, 0.6) is 0 Å². The number of rotatable bonds is 0. The first-order valence-corrected chi connectivity index (χ1v) is 4.87. The highest BCUT2D eigenvalue weighted by Crippen LogP contribution is 2.26. The van der Waals surface area contributed by atoms with Gasteiger partial charge in [0.2, 0.25) is 0 Å². The van der Waals surface area contributed by atoms with Crippen molar-refractivity contribution >= 4 is 5.69 Å². The van der Waals surface area contributed by atoms with Crippen LogP contribution in [0.15, 0.2) is 24.3 Å². The molecule has 1 nitrogen and oxygen atoms in total. The first kappa shape index (κ1) is 12.0. The highest BCUT2D eigenvalue weighted by molar-refractivity contribution is 5.49. The SMILES string of the molecule is CC.CC(C)(C)c1ccccc1N. The summed E-state index contributed by atoms with van der Waals surface area (Å²) in [6.07, 6.45) is 0. The molecule has 13 heavy (non-hydrogen) atoms. The van der Waals surface area contributed by atoms with Gasteiger partial charge < -0.3 is 5.73 Å². The predicted molar refractivity (Wildman–Crippen MR) is 60.9 cm³/mol. The van der Waals surface area contributed by atoms with Gasteiger partial charge >= 0.3 is 0 Å². The smallest absolute Gasteiger partial charge is 0.0351 e. The number of para-hydroxylation sites is 1. The molecule has 0 saturated heterocycles. The number of nitrogens with two attached hydrogens (primary N) is 1. The van der Waals surface area contributed by atoms with Gasteiger partial charge in [-0.05, 0) is 17.0 Å². The second-order valence-corrected chi connectivity index (χ2v) is 3.84. The first-order valence-electron chi connectivity index (χ1n) is 4.87. The summed E-state index contributed by atoms with van der Waals surface area (Å²) in [5.74, 6) is 0. The predicted octanol–water partition coefficient (Wildman–Crippen LogP) is 3.59. The van der Waals surface area contributed by atoms with Crippen LogP contribution in [0.25, 0.3) is 0 Å². The van der Waals surface area contributed by atoms with Crippen molar-refractivity contribution < 1.29 is 0 Å². The van der Waals surface area contributed by atoms with Gasteiger partial charge in [-0.3, -0.25) is 0 Å². The number of hydrogen-bond donors (Lipinski definition) is 1. The van der Waals surface area contributed by atoms with E-state index in [9.17, 15) is 0 Å². The van der Waals surface area contributed by atoms with Gasteiger partial charge in [-0.1, -0.05) is 52.8 Å². The van der Waals surface area contributed by atoms with E-state index < -0.39 is 0 Å². The van der Waals surface area contributed by atoms with E-state index >= 15 is 0 Å². The molecule has 0 heterocycles. The summed E-state index contributed by atoms with van der Waals surface area (Å²) in [5, 5.41) is 0. The van der Waals surface area contributed by atoms with Crippen LogP contribution in [-0.2, 0) is 5.41 Å². The summed E-state index contributed by atoms with van der Waals surface area (Å²) in [7, 11) is 0. The maximum atomic E-state index is 5.81. The van der Waals surface area contributed by atoms with E-state index in [-0.39, 0.29) is 5.41 Å². The Kier molecular flexibility index (Phi) is 4.53. The number of hydrogen-bond acceptors (Lipinski definition) is 1. The van der Waals surface area contributed by atoms with Crippen molar-refractivity contribution in [2.45, 2.75) is 40.0 Å². The second-order valence-electron chi connectivity index (χ2n) is 3.84. The molecule has 0 spiro atoms. The van der Waals surface area contributed by atoms with Gasteiger partial charge in [-0.15, -0.1) is 0 Å². The molecule has 0 amide bonds. The van der Waals surface area contributed by atoms with Gasteiger partial charge in [-0.2, -0.15) is 0 Å². The summed E-state index contributed by atoms with van der Waals surface area (Å²) in [6.45, 7) is 10.5. The number of nitrogen functional groups attached to an aromatic ring is 1. The van der Waals surface area contributed by atoms with Crippen LogP contribution < -0.4 is 5.73 Å². The molecule has 1 aromatic rings. The molecule has 0 bridgehead atoms. The molecular formula is C12H21N. The molecule has 0 saturated carbocycles. The first-order chi connectivity index (χ1) is 6.02. The normalized spacial score (nSPS) is 10.2. The largest absolute Gasteiger partial charge is 0.398 e. The van der Waals surface area contributed by atoms with E-state index in [1.807, 2.05) is 32.0 Å². The van der Waals surface area contributed by atoms with Crippen molar-refractivity contribution in [1.29, 1.82) is 0 Å². The average Bonchev–Trinajstić information content (AvgIpc) is 2.07.